The Labute approximate surface area is 117 Å². The van der Waals surface area contributed by atoms with Crippen molar-refractivity contribution < 1.29 is 9.18 Å². The van der Waals surface area contributed by atoms with Gasteiger partial charge in [0.05, 0.1) is 12.2 Å². The van der Waals surface area contributed by atoms with Crippen molar-refractivity contribution in [2.45, 2.75) is 13.0 Å². The summed E-state index contributed by atoms with van der Waals surface area (Å²) in [5.41, 5.74) is 1.45. The topological polar surface area (TPSA) is 54.0 Å². The number of aromatic nitrogens is 1. The van der Waals surface area contributed by atoms with Crippen molar-refractivity contribution in [1.82, 2.24) is 10.3 Å². The van der Waals surface area contributed by atoms with Crippen molar-refractivity contribution in [3.8, 4) is 0 Å². The molecule has 0 saturated carbocycles. The van der Waals surface area contributed by atoms with Crippen LogP contribution in [0.4, 0.5) is 10.1 Å². The Morgan fingerprint density at radius 1 is 1.25 bits per heavy atom. The maximum atomic E-state index is 12.7. The minimum absolute atomic E-state index is 0.0184. The molecule has 0 unspecified atom stereocenters. The molecule has 1 aromatic heterocycles. The van der Waals surface area contributed by atoms with Gasteiger partial charge in [-0.3, -0.25) is 9.78 Å². The van der Waals surface area contributed by atoms with E-state index in [0.717, 1.165) is 5.69 Å². The van der Waals surface area contributed by atoms with Crippen LogP contribution in [0, 0.1) is 5.82 Å². The van der Waals surface area contributed by atoms with Crippen LogP contribution in [0.25, 0.3) is 0 Å². The Bertz CT molecular complexity index is 557. The number of nitrogens with zero attached hydrogens (tertiary/aromatic N) is 1. The average molecular weight is 273 g/mol. The van der Waals surface area contributed by atoms with Crippen LogP contribution in [-0.4, -0.2) is 17.4 Å². The molecule has 0 saturated heterocycles. The number of nitrogens with one attached hydrogen (secondary N) is 2. The van der Waals surface area contributed by atoms with E-state index >= 15 is 0 Å². The lowest BCUT2D eigenvalue weighted by molar-refractivity contribution is -0.115. The van der Waals surface area contributed by atoms with E-state index in [1.807, 2.05) is 25.1 Å². The first-order chi connectivity index (χ1) is 9.65. The van der Waals surface area contributed by atoms with Crippen molar-refractivity contribution in [3.63, 3.8) is 0 Å². The van der Waals surface area contributed by atoms with Gasteiger partial charge in [-0.1, -0.05) is 6.07 Å². The second-order valence-corrected chi connectivity index (χ2v) is 4.41. The molecule has 4 nitrogen and oxygen atoms in total. The number of carbonyl (C=O) groups excluding carboxylic acids is 1. The van der Waals surface area contributed by atoms with Crippen LogP contribution in [0.2, 0.25) is 0 Å². The first-order valence-corrected chi connectivity index (χ1v) is 6.35. The van der Waals surface area contributed by atoms with Crippen molar-refractivity contribution in [1.29, 1.82) is 0 Å². The predicted octanol–water partition coefficient (Wildman–Crippen LogP) is 2.51. The molecule has 1 aromatic carbocycles. The molecule has 0 spiro atoms. The fourth-order valence-electron chi connectivity index (χ4n) is 1.72. The minimum atomic E-state index is -0.329. The Kier molecular flexibility index (Phi) is 4.79. The lowest BCUT2D eigenvalue weighted by Gasteiger charge is -2.13. The Balaban J connectivity index is 1.82. The van der Waals surface area contributed by atoms with Gasteiger partial charge in [0, 0.05) is 17.9 Å². The number of rotatable bonds is 5. The van der Waals surface area contributed by atoms with Crippen molar-refractivity contribution in [2.75, 3.05) is 11.9 Å². The normalized spacial score (nSPS) is 11.9. The lowest BCUT2D eigenvalue weighted by atomic mass is 10.2. The first kappa shape index (κ1) is 14.1. The van der Waals surface area contributed by atoms with Gasteiger partial charge in [-0.05, 0) is 43.3 Å². The predicted molar refractivity (Wildman–Crippen MR) is 75.7 cm³/mol. The van der Waals surface area contributed by atoms with Gasteiger partial charge in [-0.2, -0.15) is 0 Å². The van der Waals surface area contributed by atoms with E-state index in [2.05, 4.69) is 15.6 Å². The summed E-state index contributed by atoms with van der Waals surface area (Å²) in [6, 6.07) is 11.3. The largest absolute Gasteiger partial charge is 0.325 e. The zero-order chi connectivity index (χ0) is 14.4. The number of carbonyl (C=O) groups is 1. The van der Waals surface area contributed by atoms with E-state index in [1.165, 1.54) is 24.3 Å². The summed E-state index contributed by atoms with van der Waals surface area (Å²) < 4.78 is 12.7. The molecule has 0 fully saturated rings. The molecular formula is C15H16FN3O. The summed E-state index contributed by atoms with van der Waals surface area (Å²) in [4.78, 5) is 16.0. The average Bonchev–Trinajstić information content (AvgIpc) is 2.48. The second kappa shape index (κ2) is 6.77. The molecule has 2 aromatic rings. The van der Waals surface area contributed by atoms with E-state index in [4.69, 9.17) is 0 Å². The first-order valence-electron chi connectivity index (χ1n) is 6.35. The zero-order valence-electron chi connectivity index (χ0n) is 11.1. The third-order valence-electron chi connectivity index (χ3n) is 2.83. The fourth-order valence-corrected chi connectivity index (χ4v) is 1.72. The van der Waals surface area contributed by atoms with E-state index in [1.54, 1.807) is 6.20 Å². The Morgan fingerprint density at radius 2 is 2.00 bits per heavy atom. The molecule has 1 heterocycles. The fraction of sp³-hybridized carbons (Fsp3) is 0.200. The molecule has 5 heteroatoms. The molecule has 2 N–H and O–H groups in total. The number of hydrogen-bond donors (Lipinski definition) is 2. The molecule has 0 bridgehead atoms. The highest BCUT2D eigenvalue weighted by atomic mass is 19.1. The number of halogens is 1. The van der Waals surface area contributed by atoms with E-state index in [9.17, 15) is 9.18 Å². The number of pyridine rings is 1. The summed E-state index contributed by atoms with van der Waals surface area (Å²) in [6.07, 6.45) is 1.71. The highest BCUT2D eigenvalue weighted by Crippen LogP contribution is 2.09. The van der Waals surface area contributed by atoms with E-state index in [-0.39, 0.29) is 24.3 Å². The smallest absolute Gasteiger partial charge is 0.238 e. The van der Waals surface area contributed by atoms with Crippen LogP contribution in [-0.2, 0) is 4.79 Å². The number of anilines is 1. The second-order valence-electron chi connectivity index (χ2n) is 4.41. The quantitative estimate of drug-likeness (QED) is 0.880. The van der Waals surface area contributed by atoms with Gasteiger partial charge in [0.25, 0.3) is 0 Å². The highest BCUT2D eigenvalue weighted by molar-refractivity contribution is 5.92. The molecule has 0 radical (unpaired) electrons. The van der Waals surface area contributed by atoms with Crippen LogP contribution in [0.5, 0.6) is 0 Å². The maximum Gasteiger partial charge on any atom is 0.238 e. The number of hydrogen-bond acceptors (Lipinski definition) is 3. The van der Waals surface area contributed by atoms with Crippen LogP contribution >= 0.6 is 0 Å². The van der Waals surface area contributed by atoms with Gasteiger partial charge in [0.1, 0.15) is 5.82 Å². The lowest BCUT2D eigenvalue weighted by Crippen LogP contribution is -2.30. The zero-order valence-corrected chi connectivity index (χ0v) is 11.1. The molecule has 1 atom stereocenters. The molecular weight excluding hydrogens is 257 g/mol. The Morgan fingerprint density at radius 3 is 2.65 bits per heavy atom. The van der Waals surface area contributed by atoms with E-state index < -0.39 is 0 Å². The Hall–Kier alpha value is -2.27. The van der Waals surface area contributed by atoms with E-state index in [0.29, 0.717) is 5.69 Å². The third-order valence-corrected chi connectivity index (χ3v) is 2.83. The van der Waals surface area contributed by atoms with Gasteiger partial charge in [-0.25, -0.2) is 4.39 Å². The standard InChI is InChI=1S/C15H16FN3O/c1-11(14-4-2-3-9-17-14)18-10-15(20)19-13-7-5-12(16)6-8-13/h2-9,11,18H,10H2,1H3,(H,19,20)/t11-/m1/s1. The minimum Gasteiger partial charge on any atom is -0.325 e. The van der Waals surface area contributed by atoms with Gasteiger partial charge < -0.3 is 10.6 Å². The number of amides is 1. The van der Waals surface area contributed by atoms with Crippen LogP contribution in [0.15, 0.2) is 48.7 Å². The number of benzene rings is 1. The molecule has 0 aliphatic carbocycles. The summed E-state index contributed by atoms with van der Waals surface area (Å²) in [6.45, 7) is 2.10. The van der Waals surface area contributed by atoms with Gasteiger partial charge in [0.15, 0.2) is 0 Å². The maximum absolute atomic E-state index is 12.7. The summed E-state index contributed by atoms with van der Waals surface area (Å²) in [5.74, 6) is -0.510. The summed E-state index contributed by atoms with van der Waals surface area (Å²) in [7, 11) is 0. The molecule has 0 aliphatic heterocycles. The molecule has 0 aliphatic rings. The van der Waals surface area contributed by atoms with Crippen LogP contribution in [0.3, 0.4) is 0 Å². The van der Waals surface area contributed by atoms with Crippen molar-refractivity contribution in [3.05, 3.63) is 60.2 Å². The molecule has 1 amide bonds. The highest BCUT2D eigenvalue weighted by Gasteiger charge is 2.08. The van der Waals surface area contributed by atoms with Gasteiger partial charge in [0.2, 0.25) is 5.91 Å². The van der Waals surface area contributed by atoms with Crippen molar-refractivity contribution in [2.24, 2.45) is 0 Å². The monoisotopic (exact) mass is 273 g/mol. The third kappa shape index (κ3) is 4.13. The van der Waals surface area contributed by atoms with Crippen LogP contribution < -0.4 is 10.6 Å². The summed E-state index contributed by atoms with van der Waals surface area (Å²) >= 11 is 0. The molecule has 104 valence electrons. The van der Waals surface area contributed by atoms with Crippen LogP contribution in [0.1, 0.15) is 18.7 Å². The van der Waals surface area contributed by atoms with Crippen molar-refractivity contribution >= 4 is 11.6 Å². The summed E-state index contributed by atoms with van der Waals surface area (Å²) in [5, 5.41) is 5.77. The van der Waals surface area contributed by atoms with Gasteiger partial charge in [-0.15, -0.1) is 0 Å². The molecule has 2 rings (SSSR count). The van der Waals surface area contributed by atoms with Gasteiger partial charge >= 0.3 is 0 Å². The SMILES string of the molecule is C[C@@H](NCC(=O)Nc1ccc(F)cc1)c1ccccn1. The molecule has 20 heavy (non-hydrogen) atoms.